The van der Waals surface area contributed by atoms with Gasteiger partial charge in [0.15, 0.2) is 0 Å². The lowest BCUT2D eigenvalue weighted by Gasteiger charge is -2.06. The Kier molecular flexibility index (Phi) is 6.39. The maximum absolute atomic E-state index is 13.2. The van der Waals surface area contributed by atoms with E-state index in [2.05, 4.69) is 26.0 Å². The van der Waals surface area contributed by atoms with E-state index in [0.29, 0.717) is 11.4 Å². The first-order valence-corrected chi connectivity index (χ1v) is 9.36. The van der Waals surface area contributed by atoms with Crippen LogP contribution < -0.4 is 16.6 Å². The molecule has 1 heterocycles. The fraction of sp³-hybridized carbons (Fsp3) is 0.111. The SMILES string of the molecule is C/C(=N\Nc1nnc(SCC(=O)Nc2cccc(F)c2)n1N)c1ccc(F)cc1. The molecule has 8 nitrogen and oxygen atoms in total. The van der Waals surface area contributed by atoms with E-state index >= 15 is 0 Å². The van der Waals surface area contributed by atoms with Crippen LogP contribution in [0.3, 0.4) is 0 Å². The standard InChI is InChI=1S/C18H17F2N7OS/c1-11(12-5-7-13(19)8-6-12)23-24-17-25-26-18(27(17)21)29-10-16(28)22-15-4-2-3-14(20)9-15/h2-9H,10,21H2,1H3,(H,22,28)(H,24,25)/b23-11+. The van der Waals surface area contributed by atoms with Gasteiger partial charge in [-0.2, -0.15) is 5.10 Å². The van der Waals surface area contributed by atoms with Crippen LogP contribution in [0.2, 0.25) is 0 Å². The molecule has 0 saturated heterocycles. The molecule has 0 aliphatic carbocycles. The van der Waals surface area contributed by atoms with Crippen LogP contribution in [0, 0.1) is 11.6 Å². The second-order valence-corrected chi connectivity index (χ2v) is 6.78. The summed E-state index contributed by atoms with van der Waals surface area (Å²) < 4.78 is 27.3. The average Bonchev–Trinajstić information content (AvgIpc) is 3.04. The van der Waals surface area contributed by atoms with E-state index in [1.54, 1.807) is 25.1 Å². The lowest BCUT2D eigenvalue weighted by Crippen LogP contribution is -2.17. The van der Waals surface area contributed by atoms with Crippen LogP contribution in [0.5, 0.6) is 0 Å². The molecule has 2 aromatic carbocycles. The summed E-state index contributed by atoms with van der Waals surface area (Å²) in [5, 5.41) is 14.8. The quantitative estimate of drug-likeness (QED) is 0.236. The number of amides is 1. The van der Waals surface area contributed by atoms with E-state index in [-0.39, 0.29) is 28.6 Å². The Labute approximate surface area is 169 Å². The third-order valence-electron chi connectivity index (χ3n) is 3.69. The minimum atomic E-state index is -0.440. The van der Waals surface area contributed by atoms with E-state index in [0.717, 1.165) is 22.0 Å². The summed E-state index contributed by atoms with van der Waals surface area (Å²) >= 11 is 1.06. The van der Waals surface area contributed by atoms with Crippen LogP contribution in [-0.2, 0) is 4.79 Å². The molecule has 3 rings (SSSR count). The molecular formula is C18H17F2N7OS. The highest BCUT2D eigenvalue weighted by molar-refractivity contribution is 7.99. The van der Waals surface area contributed by atoms with Gasteiger partial charge in [-0.05, 0) is 42.8 Å². The minimum absolute atomic E-state index is 0.00369. The Morgan fingerprint density at radius 3 is 2.66 bits per heavy atom. The highest BCUT2D eigenvalue weighted by Crippen LogP contribution is 2.18. The van der Waals surface area contributed by atoms with Gasteiger partial charge >= 0.3 is 0 Å². The van der Waals surface area contributed by atoms with E-state index in [9.17, 15) is 13.6 Å². The van der Waals surface area contributed by atoms with Crippen molar-refractivity contribution >= 4 is 35.0 Å². The molecule has 0 spiro atoms. The van der Waals surface area contributed by atoms with Gasteiger partial charge in [0.1, 0.15) is 11.6 Å². The number of hydrazone groups is 1. The van der Waals surface area contributed by atoms with Gasteiger partial charge in [-0.25, -0.2) is 18.9 Å². The van der Waals surface area contributed by atoms with Crippen molar-refractivity contribution in [1.29, 1.82) is 0 Å². The first-order valence-electron chi connectivity index (χ1n) is 8.37. The summed E-state index contributed by atoms with van der Waals surface area (Å²) in [4.78, 5) is 12.0. The molecule has 0 atom stereocenters. The second kappa shape index (κ2) is 9.15. The van der Waals surface area contributed by atoms with Gasteiger partial charge in [0.2, 0.25) is 11.1 Å². The van der Waals surface area contributed by atoms with Gasteiger partial charge in [0, 0.05) is 5.69 Å². The second-order valence-electron chi connectivity index (χ2n) is 5.84. The number of nitrogen functional groups attached to an aromatic ring is 1. The Morgan fingerprint density at radius 2 is 1.93 bits per heavy atom. The molecular weight excluding hydrogens is 400 g/mol. The highest BCUT2D eigenvalue weighted by atomic mass is 32.2. The summed E-state index contributed by atoms with van der Waals surface area (Å²) in [5.41, 5.74) is 4.36. The molecule has 0 radical (unpaired) electrons. The Bertz CT molecular complexity index is 1040. The van der Waals surface area contributed by atoms with Crippen LogP contribution in [-0.4, -0.2) is 32.2 Å². The van der Waals surface area contributed by atoms with Crippen molar-refractivity contribution < 1.29 is 13.6 Å². The van der Waals surface area contributed by atoms with Crippen molar-refractivity contribution in [2.45, 2.75) is 12.1 Å². The van der Waals surface area contributed by atoms with E-state index in [4.69, 9.17) is 5.84 Å². The van der Waals surface area contributed by atoms with Crippen molar-refractivity contribution in [1.82, 2.24) is 14.9 Å². The van der Waals surface area contributed by atoms with Gasteiger partial charge in [-0.1, -0.05) is 30.0 Å². The predicted molar refractivity (Wildman–Crippen MR) is 108 cm³/mol. The summed E-state index contributed by atoms with van der Waals surface area (Å²) in [6.07, 6.45) is 0. The molecule has 29 heavy (non-hydrogen) atoms. The molecule has 3 aromatic rings. The number of halogens is 2. The van der Waals surface area contributed by atoms with Crippen LogP contribution in [0.15, 0.2) is 58.8 Å². The minimum Gasteiger partial charge on any atom is -0.334 e. The third kappa shape index (κ3) is 5.51. The number of carbonyl (C=O) groups excluding carboxylic acids is 1. The van der Waals surface area contributed by atoms with Gasteiger partial charge in [0.25, 0.3) is 5.95 Å². The molecule has 1 amide bonds. The number of hydrogen-bond donors (Lipinski definition) is 3. The van der Waals surface area contributed by atoms with Crippen molar-refractivity contribution in [3.05, 3.63) is 65.7 Å². The smallest absolute Gasteiger partial charge is 0.264 e. The molecule has 0 saturated carbocycles. The van der Waals surface area contributed by atoms with E-state index in [1.165, 1.54) is 30.3 Å². The van der Waals surface area contributed by atoms with Gasteiger partial charge < -0.3 is 11.2 Å². The lowest BCUT2D eigenvalue weighted by atomic mass is 10.1. The monoisotopic (exact) mass is 417 g/mol. The number of nitrogens with one attached hydrogen (secondary N) is 2. The number of rotatable bonds is 7. The van der Waals surface area contributed by atoms with Gasteiger partial charge in [0.05, 0.1) is 11.5 Å². The molecule has 0 aliphatic rings. The van der Waals surface area contributed by atoms with Crippen LogP contribution in [0.4, 0.5) is 20.4 Å². The molecule has 0 aliphatic heterocycles. The molecule has 4 N–H and O–H groups in total. The molecule has 0 bridgehead atoms. The maximum atomic E-state index is 13.2. The summed E-state index contributed by atoms with van der Waals surface area (Å²) in [6.45, 7) is 1.74. The van der Waals surface area contributed by atoms with Gasteiger partial charge in [-0.3, -0.25) is 4.79 Å². The maximum Gasteiger partial charge on any atom is 0.264 e. The Morgan fingerprint density at radius 1 is 1.17 bits per heavy atom. The van der Waals surface area contributed by atoms with E-state index < -0.39 is 5.82 Å². The first-order chi connectivity index (χ1) is 13.9. The number of nitrogens with zero attached hydrogens (tertiary/aromatic N) is 4. The lowest BCUT2D eigenvalue weighted by molar-refractivity contribution is -0.113. The largest absolute Gasteiger partial charge is 0.334 e. The van der Waals surface area contributed by atoms with Crippen molar-refractivity contribution in [3.8, 4) is 0 Å². The Balaban J connectivity index is 1.57. The zero-order valence-electron chi connectivity index (χ0n) is 15.3. The fourth-order valence-electron chi connectivity index (χ4n) is 2.23. The van der Waals surface area contributed by atoms with E-state index in [1.807, 2.05) is 0 Å². The molecule has 1 aromatic heterocycles. The number of hydrogen-bond acceptors (Lipinski definition) is 7. The molecule has 0 unspecified atom stereocenters. The topological polar surface area (TPSA) is 110 Å². The number of carbonyl (C=O) groups is 1. The van der Waals surface area contributed by atoms with Crippen molar-refractivity contribution in [3.63, 3.8) is 0 Å². The fourth-order valence-corrected chi connectivity index (χ4v) is 2.89. The summed E-state index contributed by atoms with van der Waals surface area (Å²) in [7, 11) is 0. The summed E-state index contributed by atoms with van der Waals surface area (Å²) in [6, 6.07) is 11.5. The Hall–Kier alpha value is -3.47. The molecule has 11 heteroatoms. The van der Waals surface area contributed by atoms with Crippen LogP contribution in [0.25, 0.3) is 0 Å². The normalized spacial score (nSPS) is 11.3. The predicted octanol–water partition coefficient (Wildman–Crippen LogP) is 2.84. The van der Waals surface area contributed by atoms with Gasteiger partial charge in [-0.15, -0.1) is 10.2 Å². The zero-order valence-corrected chi connectivity index (χ0v) is 16.1. The number of benzene rings is 2. The number of aromatic nitrogens is 3. The number of nitrogens with two attached hydrogens (primary N) is 1. The molecule has 150 valence electrons. The van der Waals surface area contributed by atoms with Crippen molar-refractivity contribution in [2.24, 2.45) is 5.10 Å². The van der Waals surface area contributed by atoms with Crippen LogP contribution in [0.1, 0.15) is 12.5 Å². The van der Waals surface area contributed by atoms with Crippen LogP contribution >= 0.6 is 11.8 Å². The first kappa shape index (κ1) is 20.3. The average molecular weight is 417 g/mol. The number of anilines is 2. The third-order valence-corrected chi connectivity index (χ3v) is 4.63. The number of thioether (sulfide) groups is 1. The molecule has 0 fully saturated rings. The summed E-state index contributed by atoms with van der Waals surface area (Å²) in [5.74, 6) is 4.97. The zero-order chi connectivity index (χ0) is 20.8. The highest BCUT2D eigenvalue weighted by Gasteiger charge is 2.12. The van der Waals surface area contributed by atoms with Crippen molar-refractivity contribution in [2.75, 3.05) is 22.3 Å².